The van der Waals surface area contributed by atoms with Crippen LogP contribution in [0, 0.1) is 0 Å². The van der Waals surface area contributed by atoms with Crippen LogP contribution in [0.1, 0.15) is 25.1 Å². The second kappa shape index (κ2) is 7.20. The molecule has 8 heteroatoms. The quantitative estimate of drug-likeness (QED) is 0.643. The number of aryl methyl sites for hydroxylation is 1. The Bertz CT molecular complexity index is 1050. The molecule has 28 heavy (non-hydrogen) atoms. The normalized spacial score (nSPS) is 15.1. The third kappa shape index (κ3) is 3.55. The van der Waals surface area contributed by atoms with E-state index in [0.717, 1.165) is 18.5 Å². The van der Waals surface area contributed by atoms with Gasteiger partial charge in [-0.05, 0) is 39.1 Å². The Balaban J connectivity index is 1.47. The lowest BCUT2D eigenvalue weighted by atomic mass is 10.2. The van der Waals surface area contributed by atoms with Crippen LogP contribution >= 0.6 is 0 Å². The maximum absolute atomic E-state index is 12.4. The van der Waals surface area contributed by atoms with E-state index in [1.165, 1.54) is 6.20 Å². The number of hydrogen-bond donors (Lipinski definition) is 2. The maximum Gasteiger partial charge on any atom is 0.262 e. The molecule has 0 unspecified atom stereocenters. The van der Waals surface area contributed by atoms with Crippen LogP contribution in [0.15, 0.2) is 41.3 Å². The van der Waals surface area contributed by atoms with Gasteiger partial charge in [0.15, 0.2) is 5.65 Å². The number of nitrogens with zero attached hydrogens (tertiary/aromatic N) is 4. The average Bonchev–Trinajstić information content (AvgIpc) is 3.37. The van der Waals surface area contributed by atoms with Crippen molar-refractivity contribution in [3.05, 3.63) is 52.7 Å². The zero-order valence-electron chi connectivity index (χ0n) is 16.1. The Hall–Kier alpha value is -3.00. The van der Waals surface area contributed by atoms with E-state index in [1.807, 2.05) is 44.4 Å². The fourth-order valence-electron chi connectivity index (χ4n) is 3.35. The van der Waals surface area contributed by atoms with Gasteiger partial charge in [0.25, 0.3) is 5.56 Å². The molecule has 0 bridgehead atoms. The number of likely N-dealkylation sites (N-methyl/N-ethyl adjacent to an activating group) is 1. The van der Waals surface area contributed by atoms with Gasteiger partial charge >= 0.3 is 0 Å². The van der Waals surface area contributed by atoms with Crippen LogP contribution in [0.2, 0.25) is 0 Å². The van der Waals surface area contributed by atoms with Crippen LogP contribution < -0.4 is 10.9 Å². The highest BCUT2D eigenvalue weighted by Gasteiger charge is 2.44. The molecule has 0 spiro atoms. The van der Waals surface area contributed by atoms with E-state index < -0.39 is 0 Å². The second-order valence-electron chi connectivity index (χ2n) is 7.54. The van der Waals surface area contributed by atoms with Crippen LogP contribution in [0.3, 0.4) is 0 Å². The fourth-order valence-corrected chi connectivity index (χ4v) is 3.35. The van der Waals surface area contributed by atoms with E-state index in [1.54, 1.807) is 4.68 Å². The third-order valence-corrected chi connectivity index (χ3v) is 5.47. The number of fused-ring (bicyclic) bond motifs is 1. The molecule has 146 valence electrons. The molecule has 1 amide bonds. The van der Waals surface area contributed by atoms with Gasteiger partial charge in [-0.3, -0.25) is 9.59 Å². The summed E-state index contributed by atoms with van der Waals surface area (Å²) >= 11 is 0. The first-order valence-electron chi connectivity index (χ1n) is 9.45. The van der Waals surface area contributed by atoms with E-state index in [0.29, 0.717) is 29.8 Å². The first kappa shape index (κ1) is 18.4. The molecular formula is C20H24N6O2. The Kier molecular flexibility index (Phi) is 4.72. The van der Waals surface area contributed by atoms with Gasteiger partial charge in [-0.1, -0.05) is 18.2 Å². The number of aromatic nitrogens is 4. The summed E-state index contributed by atoms with van der Waals surface area (Å²) in [6.07, 6.45) is 4.37. The molecule has 0 atom stereocenters. The molecule has 1 aliphatic rings. The molecule has 1 fully saturated rings. The molecule has 2 aromatic heterocycles. The van der Waals surface area contributed by atoms with Crippen molar-refractivity contribution in [1.82, 2.24) is 30.0 Å². The molecule has 2 heterocycles. The number of nitrogens with one attached hydrogen (secondary N) is 2. The highest BCUT2D eigenvalue weighted by Crippen LogP contribution is 2.39. The Morgan fingerprint density at radius 1 is 1.29 bits per heavy atom. The molecule has 4 rings (SSSR count). The number of rotatable bonds is 7. The summed E-state index contributed by atoms with van der Waals surface area (Å²) in [5, 5.41) is 7.73. The van der Waals surface area contributed by atoms with Crippen molar-refractivity contribution >= 4 is 16.9 Å². The Morgan fingerprint density at radius 2 is 2.04 bits per heavy atom. The first-order chi connectivity index (χ1) is 13.5. The number of H-pyrrole nitrogens is 1. The van der Waals surface area contributed by atoms with Crippen LogP contribution in [-0.4, -0.2) is 56.7 Å². The number of benzene rings is 1. The van der Waals surface area contributed by atoms with E-state index in [9.17, 15) is 9.59 Å². The number of para-hydroxylation sites is 1. The summed E-state index contributed by atoms with van der Waals surface area (Å²) in [6, 6.07) is 9.53. The minimum Gasteiger partial charge on any atom is -0.354 e. The minimum absolute atomic E-state index is 0.0348. The SMILES string of the molecule is CN(C)C1(CNC(=O)CCc2nc3c(cnn3-c3ccccc3)c(=O)[nH]2)CC1. The number of aromatic amines is 1. The molecule has 1 saturated carbocycles. The summed E-state index contributed by atoms with van der Waals surface area (Å²) in [4.78, 5) is 34.1. The summed E-state index contributed by atoms with van der Waals surface area (Å²) in [7, 11) is 4.08. The molecule has 0 saturated heterocycles. The smallest absolute Gasteiger partial charge is 0.262 e. The number of hydrogen-bond acceptors (Lipinski definition) is 5. The minimum atomic E-state index is -0.243. The van der Waals surface area contributed by atoms with Crippen molar-refractivity contribution in [3.63, 3.8) is 0 Å². The van der Waals surface area contributed by atoms with Crippen LogP contribution in [0.5, 0.6) is 0 Å². The molecule has 2 N–H and O–H groups in total. The third-order valence-electron chi connectivity index (χ3n) is 5.47. The van der Waals surface area contributed by atoms with E-state index in [-0.39, 0.29) is 23.4 Å². The standard InChI is InChI=1S/C20H24N6O2/c1-25(2)20(10-11-20)13-21-17(27)9-8-16-23-18-15(19(28)24-16)12-22-26(18)14-6-4-3-5-7-14/h3-7,12H,8-11,13H2,1-2H3,(H,21,27)(H,23,24,28). The van der Waals surface area contributed by atoms with Gasteiger partial charge in [0.2, 0.25) is 5.91 Å². The molecule has 0 radical (unpaired) electrons. The Labute approximate surface area is 162 Å². The van der Waals surface area contributed by atoms with Crippen molar-refractivity contribution < 1.29 is 4.79 Å². The van der Waals surface area contributed by atoms with Crippen LogP contribution in [0.25, 0.3) is 16.7 Å². The zero-order valence-corrected chi connectivity index (χ0v) is 16.1. The van der Waals surface area contributed by atoms with Gasteiger partial charge in [0.05, 0.1) is 11.9 Å². The molecular weight excluding hydrogens is 356 g/mol. The monoisotopic (exact) mass is 380 g/mol. The van der Waals surface area contributed by atoms with Crippen molar-refractivity contribution in [2.24, 2.45) is 0 Å². The lowest BCUT2D eigenvalue weighted by molar-refractivity contribution is -0.121. The summed E-state index contributed by atoms with van der Waals surface area (Å²) in [5.41, 5.74) is 1.20. The van der Waals surface area contributed by atoms with E-state index in [4.69, 9.17) is 0 Å². The van der Waals surface area contributed by atoms with Gasteiger partial charge < -0.3 is 15.2 Å². The van der Waals surface area contributed by atoms with Gasteiger partial charge in [0, 0.05) is 24.9 Å². The van der Waals surface area contributed by atoms with Gasteiger partial charge in [-0.25, -0.2) is 9.67 Å². The Morgan fingerprint density at radius 3 is 2.71 bits per heavy atom. The van der Waals surface area contributed by atoms with Crippen molar-refractivity contribution in [3.8, 4) is 5.69 Å². The number of carbonyl (C=O) groups excluding carboxylic acids is 1. The van der Waals surface area contributed by atoms with Crippen LogP contribution in [0.4, 0.5) is 0 Å². The summed E-state index contributed by atoms with van der Waals surface area (Å²) < 4.78 is 1.64. The lowest BCUT2D eigenvalue weighted by Crippen LogP contribution is -2.42. The summed E-state index contributed by atoms with van der Waals surface area (Å²) in [6.45, 7) is 0.655. The predicted molar refractivity (Wildman–Crippen MR) is 106 cm³/mol. The van der Waals surface area contributed by atoms with E-state index >= 15 is 0 Å². The van der Waals surface area contributed by atoms with E-state index in [2.05, 4.69) is 25.3 Å². The van der Waals surface area contributed by atoms with Gasteiger partial charge in [-0.2, -0.15) is 5.10 Å². The first-order valence-corrected chi connectivity index (χ1v) is 9.45. The van der Waals surface area contributed by atoms with Crippen molar-refractivity contribution in [2.45, 2.75) is 31.2 Å². The molecule has 8 nitrogen and oxygen atoms in total. The topological polar surface area (TPSA) is 95.9 Å². The van der Waals surface area contributed by atoms with Gasteiger partial charge in [-0.15, -0.1) is 0 Å². The molecule has 1 aliphatic carbocycles. The van der Waals surface area contributed by atoms with Crippen molar-refractivity contribution in [2.75, 3.05) is 20.6 Å². The van der Waals surface area contributed by atoms with Crippen LogP contribution in [-0.2, 0) is 11.2 Å². The molecule has 3 aromatic rings. The van der Waals surface area contributed by atoms with Crippen molar-refractivity contribution in [1.29, 1.82) is 0 Å². The highest BCUT2D eigenvalue weighted by molar-refractivity contribution is 5.77. The average molecular weight is 380 g/mol. The second-order valence-corrected chi connectivity index (χ2v) is 7.54. The van der Waals surface area contributed by atoms with Gasteiger partial charge in [0.1, 0.15) is 11.2 Å². The fraction of sp³-hybridized carbons (Fsp3) is 0.400. The number of amides is 1. The summed E-state index contributed by atoms with van der Waals surface area (Å²) in [5.74, 6) is 0.450. The highest BCUT2D eigenvalue weighted by atomic mass is 16.1. The zero-order chi connectivity index (χ0) is 19.7. The lowest BCUT2D eigenvalue weighted by Gasteiger charge is -2.23. The number of carbonyl (C=O) groups is 1. The maximum atomic E-state index is 12.4. The largest absolute Gasteiger partial charge is 0.354 e. The molecule has 0 aliphatic heterocycles. The molecule has 1 aromatic carbocycles. The predicted octanol–water partition coefficient (Wildman–Crippen LogP) is 1.25.